The molecule has 1 aliphatic rings. The van der Waals surface area contributed by atoms with Gasteiger partial charge in [0.2, 0.25) is 5.91 Å². The molecule has 1 heterocycles. The van der Waals surface area contributed by atoms with Gasteiger partial charge in [0.1, 0.15) is 5.75 Å². The summed E-state index contributed by atoms with van der Waals surface area (Å²) in [5, 5.41) is 2.41. The summed E-state index contributed by atoms with van der Waals surface area (Å²) in [5.41, 5.74) is -0.319. The normalized spacial score (nSPS) is 16.5. The molecule has 2 aromatic rings. The van der Waals surface area contributed by atoms with Crippen LogP contribution in [0.3, 0.4) is 0 Å². The van der Waals surface area contributed by atoms with Gasteiger partial charge in [-0.3, -0.25) is 9.59 Å². The number of nitrogens with one attached hydrogen (secondary N) is 1. The molecular formula is C18H15F3N2O3. The third-order valence-corrected chi connectivity index (χ3v) is 3.90. The Morgan fingerprint density at radius 2 is 1.88 bits per heavy atom. The molecule has 1 aliphatic heterocycles. The highest BCUT2D eigenvalue weighted by Crippen LogP contribution is 2.34. The molecule has 0 bridgehead atoms. The number of hydrogen-bond donors (Lipinski definition) is 1. The summed E-state index contributed by atoms with van der Waals surface area (Å²) >= 11 is 0. The minimum Gasteiger partial charge on any atom is -0.476 e. The van der Waals surface area contributed by atoms with E-state index in [0.717, 1.165) is 12.1 Å². The van der Waals surface area contributed by atoms with Crippen molar-refractivity contribution in [1.82, 2.24) is 0 Å². The minimum atomic E-state index is -4.51. The van der Waals surface area contributed by atoms with E-state index in [9.17, 15) is 22.8 Å². The molecule has 0 saturated heterocycles. The van der Waals surface area contributed by atoms with Gasteiger partial charge in [-0.25, -0.2) is 0 Å². The number of rotatable bonds is 2. The molecular weight excluding hydrogens is 349 g/mol. The molecule has 0 aromatic heterocycles. The number of carbonyl (C=O) groups is 2. The average Bonchev–Trinajstić information content (AvgIpc) is 2.60. The van der Waals surface area contributed by atoms with Crippen molar-refractivity contribution in [2.45, 2.75) is 19.2 Å². The van der Waals surface area contributed by atoms with Crippen LogP contribution in [0.25, 0.3) is 0 Å². The molecule has 0 saturated carbocycles. The zero-order valence-corrected chi connectivity index (χ0v) is 13.7. The van der Waals surface area contributed by atoms with Crippen LogP contribution in [-0.2, 0) is 15.8 Å². The largest absolute Gasteiger partial charge is 0.476 e. The van der Waals surface area contributed by atoms with Crippen LogP contribution < -0.4 is 15.0 Å². The lowest BCUT2D eigenvalue weighted by Crippen LogP contribution is -2.48. The summed E-state index contributed by atoms with van der Waals surface area (Å²) in [6.07, 6.45) is -5.55. The highest BCUT2D eigenvalue weighted by molar-refractivity contribution is 5.99. The van der Waals surface area contributed by atoms with E-state index in [1.165, 1.54) is 24.0 Å². The Morgan fingerprint density at radius 3 is 2.58 bits per heavy atom. The molecule has 3 rings (SSSR count). The van der Waals surface area contributed by atoms with Crippen molar-refractivity contribution in [2.75, 3.05) is 16.8 Å². The first kappa shape index (κ1) is 17.8. The first-order valence-electron chi connectivity index (χ1n) is 7.77. The SMILES string of the molecule is CC(=O)N1C[C@@H](C(=O)Nc2cccc(C(F)(F)F)c2)Oc2ccccc21. The maximum Gasteiger partial charge on any atom is 0.416 e. The number of carbonyl (C=O) groups excluding carboxylic acids is 2. The van der Waals surface area contributed by atoms with Crippen LogP contribution in [0.4, 0.5) is 24.5 Å². The lowest BCUT2D eigenvalue weighted by atomic mass is 10.1. The number of alkyl halides is 3. The molecule has 26 heavy (non-hydrogen) atoms. The molecule has 136 valence electrons. The molecule has 5 nitrogen and oxygen atoms in total. The molecule has 1 N–H and O–H groups in total. The Bertz CT molecular complexity index is 852. The van der Waals surface area contributed by atoms with Gasteiger partial charge in [-0.15, -0.1) is 0 Å². The zero-order chi connectivity index (χ0) is 18.9. The summed E-state index contributed by atoms with van der Waals surface area (Å²) in [6.45, 7) is 1.33. The van der Waals surface area contributed by atoms with E-state index < -0.39 is 23.8 Å². The fourth-order valence-corrected chi connectivity index (χ4v) is 2.67. The van der Waals surface area contributed by atoms with E-state index in [4.69, 9.17) is 4.74 Å². The van der Waals surface area contributed by atoms with E-state index in [0.29, 0.717) is 11.4 Å². The number of benzene rings is 2. The molecule has 0 aliphatic carbocycles. The van der Waals surface area contributed by atoms with Crippen LogP contribution in [-0.4, -0.2) is 24.5 Å². The van der Waals surface area contributed by atoms with Crippen LogP contribution in [0.15, 0.2) is 48.5 Å². The average molecular weight is 364 g/mol. The van der Waals surface area contributed by atoms with Gasteiger partial charge < -0.3 is 15.0 Å². The smallest absolute Gasteiger partial charge is 0.416 e. The first-order chi connectivity index (χ1) is 12.3. The maximum absolute atomic E-state index is 12.8. The quantitative estimate of drug-likeness (QED) is 0.888. The van der Waals surface area contributed by atoms with Crippen molar-refractivity contribution in [1.29, 1.82) is 0 Å². The summed E-state index contributed by atoms with van der Waals surface area (Å²) < 4.78 is 44.0. The van der Waals surface area contributed by atoms with Gasteiger partial charge in [0.25, 0.3) is 5.91 Å². The van der Waals surface area contributed by atoms with E-state index in [2.05, 4.69) is 5.32 Å². The van der Waals surface area contributed by atoms with Gasteiger partial charge in [-0.05, 0) is 30.3 Å². The number of fused-ring (bicyclic) bond motifs is 1. The molecule has 1 atom stereocenters. The number of ether oxygens (including phenoxy) is 1. The lowest BCUT2D eigenvalue weighted by molar-refractivity contribution is -0.137. The topological polar surface area (TPSA) is 58.6 Å². The monoisotopic (exact) mass is 364 g/mol. The third-order valence-electron chi connectivity index (χ3n) is 3.90. The summed E-state index contributed by atoms with van der Waals surface area (Å²) in [6, 6.07) is 11.1. The first-order valence-corrected chi connectivity index (χ1v) is 7.77. The fraction of sp³-hybridized carbons (Fsp3) is 0.222. The van der Waals surface area contributed by atoms with Crippen molar-refractivity contribution in [2.24, 2.45) is 0 Å². The summed E-state index contributed by atoms with van der Waals surface area (Å²) in [5.74, 6) is -0.541. The predicted molar refractivity (Wildman–Crippen MR) is 89.0 cm³/mol. The predicted octanol–water partition coefficient (Wildman–Crippen LogP) is 3.46. The zero-order valence-electron chi connectivity index (χ0n) is 13.7. The van der Waals surface area contributed by atoms with Crippen LogP contribution in [0.1, 0.15) is 12.5 Å². The second kappa shape index (κ2) is 6.70. The van der Waals surface area contributed by atoms with Gasteiger partial charge in [0, 0.05) is 12.6 Å². The Hall–Kier alpha value is -3.03. The van der Waals surface area contributed by atoms with Crippen LogP contribution >= 0.6 is 0 Å². The van der Waals surface area contributed by atoms with Crippen molar-refractivity contribution < 1.29 is 27.5 Å². The molecule has 2 amide bonds. The molecule has 0 fully saturated rings. The second-order valence-corrected chi connectivity index (χ2v) is 5.77. The maximum atomic E-state index is 12.8. The molecule has 8 heteroatoms. The van der Waals surface area contributed by atoms with Gasteiger partial charge in [-0.1, -0.05) is 18.2 Å². The lowest BCUT2D eigenvalue weighted by Gasteiger charge is -2.33. The van der Waals surface area contributed by atoms with Gasteiger partial charge in [0.15, 0.2) is 6.10 Å². The Labute approximate surface area is 147 Å². The summed E-state index contributed by atoms with van der Waals surface area (Å²) in [7, 11) is 0. The number of amides is 2. The highest BCUT2D eigenvalue weighted by atomic mass is 19.4. The summed E-state index contributed by atoms with van der Waals surface area (Å²) in [4.78, 5) is 25.7. The molecule has 2 aromatic carbocycles. The van der Waals surface area contributed by atoms with Crippen molar-refractivity contribution in [3.8, 4) is 5.75 Å². The second-order valence-electron chi connectivity index (χ2n) is 5.77. The van der Waals surface area contributed by atoms with E-state index >= 15 is 0 Å². The van der Waals surface area contributed by atoms with E-state index in [1.54, 1.807) is 24.3 Å². The molecule has 0 radical (unpaired) electrons. The van der Waals surface area contributed by atoms with E-state index in [-0.39, 0.29) is 18.1 Å². The Balaban J connectivity index is 1.80. The van der Waals surface area contributed by atoms with Crippen LogP contribution in [0, 0.1) is 0 Å². The van der Waals surface area contributed by atoms with Crippen LogP contribution in [0.5, 0.6) is 5.75 Å². The third kappa shape index (κ3) is 3.63. The van der Waals surface area contributed by atoms with Gasteiger partial charge in [-0.2, -0.15) is 13.2 Å². The van der Waals surface area contributed by atoms with Crippen LogP contribution in [0.2, 0.25) is 0 Å². The molecule has 0 spiro atoms. The van der Waals surface area contributed by atoms with Gasteiger partial charge in [0.05, 0.1) is 17.8 Å². The highest BCUT2D eigenvalue weighted by Gasteiger charge is 2.33. The van der Waals surface area contributed by atoms with Crippen molar-refractivity contribution >= 4 is 23.2 Å². The Kier molecular flexibility index (Phi) is 4.58. The number of anilines is 2. The minimum absolute atomic E-state index is 0.00154. The molecule has 0 unspecified atom stereocenters. The van der Waals surface area contributed by atoms with Crippen molar-refractivity contribution in [3.63, 3.8) is 0 Å². The van der Waals surface area contributed by atoms with Gasteiger partial charge >= 0.3 is 6.18 Å². The number of para-hydroxylation sites is 2. The standard InChI is InChI=1S/C18H15F3N2O3/c1-11(24)23-10-16(26-15-8-3-2-7-14(15)23)17(25)22-13-6-4-5-12(9-13)18(19,20)21/h2-9,16H,10H2,1H3,(H,22,25)/t16-/m0/s1. The number of nitrogens with zero attached hydrogens (tertiary/aromatic N) is 1. The Morgan fingerprint density at radius 1 is 1.15 bits per heavy atom. The van der Waals surface area contributed by atoms with E-state index in [1.807, 2.05) is 0 Å². The number of halogens is 3. The number of hydrogen-bond acceptors (Lipinski definition) is 3. The fourth-order valence-electron chi connectivity index (χ4n) is 2.67. The van der Waals surface area contributed by atoms with Crippen molar-refractivity contribution in [3.05, 3.63) is 54.1 Å².